The zero-order chi connectivity index (χ0) is 16.9. The lowest BCUT2D eigenvalue weighted by Crippen LogP contribution is -2.42. The highest BCUT2D eigenvalue weighted by molar-refractivity contribution is 7.13. The minimum absolute atomic E-state index is 0.122. The van der Waals surface area contributed by atoms with Crippen LogP contribution < -0.4 is 5.32 Å². The molecule has 3 rings (SSSR count). The number of likely N-dealkylation sites (tertiary alicyclic amines) is 2. The summed E-state index contributed by atoms with van der Waals surface area (Å²) in [5.74, 6) is -1.26. The van der Waals surface area contributed by atoms with Crippen molar-refractivity contribution in [2.45, 2.75) is 32.2 Å². The van der Waals surface area contributed by atoms with Crippen molar-refractivity contribution in [3.8, 4) is 0 Å². The van der Waals surface area contributed by atoms with Gasteiger partial charge >= 0.3 is 5.97 Å². The summed E-state index contributed by atoms with van der Waals surface area (Å²) in [4.78, 5) is 32.0. The molecule has 2 saturated heterocycles. The summed E-state index contributed by atoms with van der Waals surface area (Å²) in [5, 5.41) is 14.6. The maximum Gasteiger partial charge on any atom is 0.307 e. The number of carboxylic acids is 1. The van der Waals surface area contributed by atoms with E-state index >= 15 is 0 Å². The molecule has 2 fully saturated rings. The molecule has 0 aliphatic carbocycles. The van der Waals surface area contributed by atoms with Crippen LogP contribution in [0.4, 0.5) is 5.13 Å². The number of nitrogens with one attached hydrogen (secondary N) is 1. The number of carbonyl (C=O) groups excluding carboxylic acids is 1. The van der Waals surface area contributed by atoms with Gasteiger partial charge in [-0.3, -0.25) is 19.4 Å². The lowest BCUT2D eigenvalue weighted by Gasteiger charge is -2.29. The topological polar surface area (TPSA) is 85.8 Å². The van der Waals surface area contributed by atoms with E-state index in [4.69, 9.17) is 5.11 Å². The number of rotatable bonds is 6. The summed E-state index contributed by atoms with van der Waals surface area (Å²) in [6, 6.07) is 0. The van der Waals surface area contributed by atoms with E-state index in [0.29, 0.717) is 18.1 Å². The van der Waals surface area contributed by atoms with Crippen LogP contribution in [0.25, 0.3) is 0 Å². The molecular formula is C16H24N4O3S. The van der Waals surface area contributed by atoms with Gasteiger partial charge in [-0.1, -0.05) is 0 Å². The van der Waals surface area contributed by atoms with E-state index in [1.165, 1.54) is 24.2 Å². The quantitative estimate of drug-likeness (QED) is 0.806. The van der Waals surface area contributed by atoms with Gasteiger partial charge in [0.1, 0.15) is 0 Å². The number of piperidine rings is 1. The summed E-state index contributed by atoms with van der Waals surface area (Å²) >= 11 is 1.45. The van der Waals surface area contributed by atoms with Gasteiger partial charge in [-0.15, -0.1) is 11.3 Å². The third-order valence-corrected chi connectivity index (χ3v) is 5.41. The average molecular weight is 352 g/mol. The Morgan fingerprint density at radius 2 is 2.00 bits per heavy atom. The SMILES string of the molecule is O=C(CN1CCCC(C(=O)O)C1)Nc1nc(CN2CCCC2)cs1. The Morgan fingerprint density at radius 3 is 2.75 bits per heavy atom. The van der Waals surface area contributed by atoms with Crippen molar-refractivity contribution in [3.63, 3.8) is 0 Å². The maximum absolute atomic E-state index is 12.2. The van der Waals surface area contributed by atoms with E-state index in [1.54, 1.807) is 0 Å². The van der Waals surface area contributed by atoms with Crippen molar-refractivity contribution in [2.75, 3.05) is 38.0 Å². The standard InChI is InChI=1S/C16H24N4O3S/c21-14(10-20-7-3-4-12(8-20)15(22)23)18-16-17-13(11-24-16)9-19-5-1-2-6-19/h11-12H,1-10H2,(H,22,23)(H,17,18,21). The van der Waals surface area contributed by atoms with Gasteiger partial charge in [-0.2, -0.15) is 0 Å². The number of carbonyl (C=O) groups is 2. The molecule has 1 amide bonds. The Balaban J connectivity index is 1.46. The van der Waals surface area contributed by atoms with Crippen LogP contribution in [0, 0.1) is 5.92 Å². The van der Waals surface area contributed by atoms with Gasteiger partial charge in [0.2, 0.25) is 5.91 Å². The number of anilines is 1. The molecule has 0 aromatic carbocycles. The highest BCUT2D eigenvalue weighted by Gasteiger charge is 2.26. The first-order valence-corrected chi connectivity index (χ1v) is 9.40. The van der Waals surface area contributed by atoms with E-state index in [-0.39, 0.29) is 18.4 Å². The summed E-state index contributed by atoms with van der Waals surface area (Å²) in [6.45, 7) is 4.54. The predicted molar refractivity (Wildman–Crippen MR) is 92.1 cm³/mol. The summed E-state index contributed by atoms with van der Waals surface area (Å²) in [5.41, 5.74) is 1.00. The van der Waals surface area contributed by atoms with Gasteiger partial charge in [0.05, 0.1) is 18.2 Å². The molecule has 7 nitrogen and oxygen atoms in total. The summed E-state index contributed by atoms with van der Waals surface area (Å²) in [6.07, 6.45) is 4.02. The van der Waals surface area contributed by atoms with Gasteiger partial charge < -0.3 is 10.4 Å². The molecule has 0 spiro atoms. The molecule has 1 aromatic heterocycles. The van der Waals surface area contributed by atoms with Crippen molar-refractivity contribution in [3.05, 3.63) is 11.1 Å². The zero-order valence-electron chi connectivity index (χ0n) is 13.7. The number of thiazole rings is 1. The van der Waals surface area contributed by atoms with Crippen LogP contribution in [0.3, 0.4) is 0 Å². The zero-order valence-corrected chi connectivity index (χ0v) is 14.6. The monoisotopic (exact) mass is 352 g/mol. The fourth-order valence-corrected chi connectivity index (χ4v) is 4.09. The Kier molecular flexibility index (Phi) is 5.80. The van der Waals surface area contributed by atoms with Gasteiger partial charge in [0, 0.05) is 18.5 Å². The number of nitrogens with zero attached hydrogens (tertiary/aromatic N) is 3. The molecule has 2 aliphatic heterocycles. The number of aliphatic carboxylic acids is 1. The molecule has 1 aromatic rings. The third kappa shape index (κ3) is 4.75. The summed E-state index contributed by atoms with van der Waals surface area (Å²) < 4.78 is 0. The van der Waals surface area contributed by atoms with E-state index in [2.05, 4.69) is 15.2 Å². The first kappa shape index (κ1) is 17.3. The normalized spacial score (nSPS) is 22.6. The average Bonchev–Trinajstić information content (AvgIpc) is 3.20. The van der Waals surface area contributed by atoms with Crippen LogP contribution in [0.1, 0.15) is 31.4 Å². The van der Waals surface area contributed by atoms with Crippen molar-refractivity contribution < 1.29 is 14.7 Å². The lowest BCUT2D eigenvalue weighted by molar-refractivity contribution is -0.144. The fourth-order valence-electron chi connectivity index (χ4n) is 3.37. The molecule has 1 unspecified atom stereocenters. The molecule has 132 valence electrons. The van der Waals surface area contributed by atoms with Gasteiger partial charge in [-0.05, 0) is 45.3 Å². The molecule has 24 heavy (non-hydrogen) atoms. The van der Waals surface area contributed by atoms with E-state index in [9.17, 15) is 9.59 Å². The second-order valence-corrected chi connectivity index (χ2v) is 7.45. The lowest BCUT2D eigenvalue weighted by atomic mass is 9.98. The van der Waals surface area contributed by atoms with Crippen LogP contribution >= 0.6 is 11.3 Å². The smallest absolute Gasteiger partial charge is 0.307 e. The van der Waals surface area contributed by atoms with Gasteiger partial charge in [0.25, 0.3) is 0 Å². The molecule has 2 N–H and O–H groups in total. The van der Waals surface area contributed by atoms with Crippen molar-refractivity contribution in [1.82, 2.24) is 14.8 Å². The number of hydrogen-bond donors (Lipinski definition) is 2. The van der Waals surface area contributed by atoms with Crippen molar-refractivity contribution in [1.29, 1.82) is 0 Å². The molecule has 0 radical (unpaired) electrons. The molecular weight excluding hydrogens is 328 g/mol. The van der Waals surface area contributed by atoms with E-state index in [0.717, 1.165) is 38.3 Å². The first-order chi connectivity index (χ1) is 11.6. The predicted octanol–water partition coefficient (Wildman–Crippen LogP) is 1.47. The Bertz CT molecular complexity index is 586. The van der Waals surface area contributed by atoms with Crippen LogP contribution in [0.15, 0.2) is 5.38 Å². The largest absolute Gasteiger partial charge is 0.481 e. The van der Waals surface area contributed by atoms with E-state index < -0.39 is 5.97 Å². The highest BCUT2D eigenvalue weighted by Crippen LogP contribution is 2.20. The van der Waals surface area contributed by atoms with Crippen LogP contribution in [-0.2, 0) is 16.1 Å². The van der Waals surface area contributed by atoms with Crippen molar-refractivity contribution >= 4 is 28.3 Å². The molecule has 8 heteroatoms. The minimum Gasteiger partial charge on any atom is -0.481 e. The number of amides is 1. The molecule has 0 saturated carbocycles. The molecule has 2 aliphatic rings. The van der Waals surface area contributed by atoms with Crippen molar-refractivity contribution in [2.24, 2.45) is 5.92 Å². The second-order valence-electron chi connectivity index (χ2n) is 6.59. The Labute approximate surface area is 145 Å². The van der Waals surface area contributed by atoms with Crippen LogP contribution in [-0.4, -0.2) is 64.5 Å². The molecule has 1 atom stereocenters. The maximum atomic E-state index is 12.2. The molecule has 3 heterocycles. The Hall–Kier alpha value is -1.51. The second kappa shape index (κ2) is 8.04. The third-order valence-electron chi connectivity index (χ3n) is 4.60. The fraction of sp³-hybridized carbons (Fsp3) is 0.688. The minimum atomic E-state index is -0.772. The first-order valence-electron chi connectivity index (χ1n) is 8.52. The van der Waals surface area contributed by atoms with E-state index in [1.807, 2.05) is 10.3 Å². The van der Waals surface area contributed by atoms with Gasteiger partial charge in [0.15, 0.2) is 5.13 Å². The number of aromatic nitrogens is 1. The Morgan fingerprint density at radius 1 is 1.25 bits per heavy atom. The number of hydrogen-bond acceptors (Lipinski definition) is 6. The summed E-state index contributed by atoms with van der Waals surface area (Å²) in [7, 11) is 0. The van der Waals surface area contributed by atoms with Gasteiger partial charge in [-0.25, -0.2) is 4.98 Å². The van der Waals surface area contributed by atoms with Crippen LogP contribution in [0.5, 0.6) is 0 Å². The molecule has 0 bridgehead atoms. The number of carboxylic acid groups (broad SMARTS) is 1. The van der Waals surface area contributed by atoms with Crippen LogP contribution in [0.2, 0.25) is 0 Å². The highest BCUT2D eigenvalue weighted by atomic mass is 32.1.